The van der Waals surface area contributed by atoms with Gasteiger partial charge in [0.15, 0.2) is 5.78 Å². The summed E-state index contributed by atoms with van der Waals surface area (Å²) in [5.41, 5.74) is 7.41. The fourth-order valence-corrected chi connectivity index (χ4v) is 4.51. The van der Waals surface area contributed by atoms with Crippen molar-refractivity contribution < 1.29 is 23.9 Å². The van der Waals surface area contributed by atoms with E-state index in [0.717, 1.165) is 37.7 Å². The zero-order chi connectivity index (χ0) is 34.1. The van der Waals surface area contributed by atoms with E-state index in [9.17, 15) is 14.4 Å². The average Bonchev–Trinajstić information content (AvgIpc) is 2.99. The van der Waals surface area contributed by atoms with Crippen molar-refractivity contribution in [3.05, 3.63) is 60.2 Å². The van der Waals surface area contributed by atoms with E-state index in [4.69, 9.17) is 77.1 Å². The SMILES string of the molecule is CCOC(=O)C(C)C(=O)c1ccccc1.NC(=O)Nc1cccc(N2CCOCC2)c1.[B]B([B])B(B([B])[B])B(B([B])[B])B([B])[B]. The van der Waals surface area contributed by atoms with Gasteiger partial charge in [-0.3, -0.25) is 9.59 Å². The highest BCUT2D eigenvalue weighted by molar-refractivity contribution is 8.10. The van der Waals surface area contributed by atoms with Crippen molar-refractivity contribution >= 4 is 129 Å². The van der Waals surface area contributed by atoms with Gasteiger partial charge in [-0.05, 0) is 32.0 Å². The fourth-order valence-electron chi connectivity index (χ4n) is 4.51. The molecule has 1 heterocycles. The Morgan fingerprint density at radius 3 is 1.82 bits per heavy atom. The van der Waals surface area contributed by atoms with Gasteiger partial charge in [0.1, 0.15) is 5.92 Å². The number of hydrogen-bond donors (Lipinski definition) is 2. The van der Waals surface area contributed by atoms with Crippen molar-refractivity contribution in [3.8, 4) is 0 Å². The molecule has 2 aromatic rings. The lowest BCUT2D eigenvalue weighted by molar-refractivity contribution is -0.145. The maximum absolute atomic E-state index is 11.8. The van der Waals surface area contributed by atoms with Crippen LogP contribution in [0.5, 0.6) is 0 Å². The first-order chi connectivity index (χ1) is 21.2. The van der Waals surface area contributed by atoms with Crippen molar-refractivity contribution in [2.75, 3.05) is 43.1 Å². The molecule has 2 amide bonds. The number of nitrogens with zero attached hydrogens (tertiary/aromatic N) is 1. The first-order valence-electron chi connectivity index (χ1n) is 14.5. The zero-order valence-corrected chi connectivity index (χ0v) is 26.0. The smallest absolute Gasteiger partial charge is 0.316 e. The fraction of sp³-hybridized carbons (Fsp3) is 0.348. The van der Waals surface area contributed by atoms with E-state index in [-0.39, 0.29) is 5.78 Å². The standard InChI is InChI=1S/C12H14O3.C11H15N3O2.B14/c1-3-15-12(14)9(2)11(13)10-7-5-4-6-8-10;12-11(15)13-9-2-1-3-10(8-9)14-4-6-16-7-5-14;1-9(2)13(10(3)4)14(11(5)6)12(7)8/h4-9H,3H2,1-2H3;1-3,8H,4-7H2,(H3,12,13,15);. The topological polar surface area (TPSA) is 111 Å². The van der Waals surface area contributed by atoms with Gasteiger partial charge in [-0.25, -0.2) is 4.79 Å². The number of anilines is 2. The molecular formula is C23H29B14N3O5. The maximum Gasteiger partial charge on any atom is 0.316 e. The zero-order valence-electron chi connectivity index (χ0n) is 26.0. The number of benzene rings is 2. The Kier molecular flexibility index (Phi) is 19.2. The van der Waals surface area contributed by atoms with Crippen molar-refractivity contribution in [3.63, 3.8) is 0 Å². The number of primary amides is 1. The van der Waals surface area contributed by atoms with Gasteiger partial charge in [-0.15, -0.1) is 0 Å². The number of esters is 1. The third-order valence-electron chi connectivity index (χ3n) is 6.80. The lowest BCUT2D eigenvalue weighted by atomic mass is 8.47. The van der Waals surface area contributed by atoms with Crippen LogP contribution < -0.4 is 16.0 Å². The highest BCUT2D eigenvalue weighted by atomic mass is 16.5. The molecule has 45 heavy (non-hydrogen) atoms. The molecular weight excluding hydrogens is 550 g/mol. The molecule has 0 bridgehead atoms. The molecule has 1 aliphatic heterocycles. The molecule has 3 N–H and O–H groups in total. The van der Waals surface area contributed by atoms with Crippen LogP contribution in [0.2, 0.25) is 0 Å². The van der Waals surface area contributed by atoms with Crippen molar-refractivity contribution in [1.29, 1.82) is 0 Å². The second kappa shape index (κ2) is 21.3. The Labute approximate surface area is 281 Å². The number of nitrogens with one attached hydrogen (secondary N) is 1. The van der Waals surface area contributed by atoms with Crippen LogP contribution in [0, 0.1) is 5.92 Å². The quantitative estimate of drug-likeness (QED) is 0.135. The van der Waals surface area contributed by atoms with Crippen molar-refractivity contribution in [2.45, 2.75) is 13.8 Å². The van der Waals surface area contributed by atoms with Crippen LogP contribution in [0.1, 0.15) is 24.2 Å². The Balaban J connectivity index is 0.000000339. The van der Waals surface area contributed by atoms with E-state index >= 15 is 0 Å². The molecule has 1 aliphatic rings. The van der Waals surface area contributed by atoms with Crippen molar-refractivity contribution in [2.24, 2.45) is 11.7 Å². The number of hydrogen-bond acceptors (Lipinski definition) is 6. The number of morpholine rings is 1. The summed E-state index contributed by atoms with van der Waals surface area (Å²) in [4.78, 5) is 36.0. The largest absolute Gasteiger partial charge is 0.465 e. The molecule has 8 nitrogen and oxygen atoms in total. The molecule has 3 rings (SSSR count). The number of Topliss-reactive ketones (excluding diaryl/α,β-unsaturated/α-hetero) is 1. The lowest BCUT2D eigenvalue weighted by Crippen LogP contribution is -2.72. The van der Waals surface area contributed by atoms with Crippen molar-refractivity contribution in [1.82, 2.24) is 0 Å². The molecule has 1 unspecified atom stereocenters. The molecule has 16 radical (unpaired) electrons. The Morgan fingerprint density at radius 1 is 0.867 bits per heavy atom. The monoisotopic (exact) mass is 581 g/mol. The van der Waals surface area contributed by atoms with E-state index in [1.807, 2.05) is 30.3 Å². The highest BCUT2D eigenvalue weighted by Gasteiger charge is 2.35. The van der Waals surface area contributed by atoms with Gasteiger partial charge in [-0.2, -0.15) is 0 Å². The summed E-state index contributed by atoms with van der Waals surface area (Å²) < 4.78 is 10.1. The van der Waals surface area contributed by atoms with Crippen LogP contribution >= 0.6 is 0 Å². The van der Waals surface area contributed by atoms with Gasteiger partial charge in [0.25, 0.3) is 0 Å². The summed E-state index contributed by atoms with van der Waals surface area (Å²) in [6.07, 6.45) is -4.08. The number of carbonyl (C=O) groups excluding carboxylic acids is 3. The first-order valence-corrected chi connectivity index (χ1v) is 14.5. The van der Waals surface area contributed by atoms with Crippen LogP contribution in [-0.2, 0) is 14.3 Å². The highest BCUT2D eigenvalue weighted by Crippen LogP contribution is 2.20. The number of ketones is 1. The van der Waals surface area contributed by atoms with E-state index in [1.165, 1.54) is 0 Å². The van der Waals surface area contributed by atoms with Gasteiger partial charge in [0, 0.05) is 130 Å². The molecule has 0 spiro atoms. The summed E-state index contributed by atoms with van der Waals surface area (Å²) in [5, 5.41) is 2.57. The third kappa shape index (κ3) is 14.7. The average molecular weight is 579 g/mol. The van der Waals surface area contributed by atoms with Gasteiger partial charge in [-0.1, -0.05) is 36.4 Å². The molecule has 208 valence electrons. The number of urea groups is 1. The van der Waals surface area contributed by atoms with E-state index in [0.29, 0.717) is 12.2 Å². The van der Waals surface area contributed by atoms with Crippen LogP contribution in [0.3, 0.4) is 0 Å². The molecule has 1 saturated heterocycles. The minimum atomic E-state index is -0.760. The summed E-state index contributed by atoms with van der Waals surface area (Å²) >= 11 is 0. The molecule has 1 fully saturated rings. The van der Waals surface area contributed by atoms with Gasteiger partial charge < -0.3 is 25.4 Å². The second-order valence-electron chi connectivity index (χ2n) is 10.3. The number of ether oxygens (including phenoxy) is 2. The predicted molar refractivity (Wildman–Crippen MR) is 200 cm³/mol. The van der Waals surface area contributed by atoms with Crippen LogP contribution in [-0.4, -0.2) is 151 Å². The van der Waals surface area contributed by atoms with E-state index < -0.39 is 56.2 Å². The minimum absolute atomic E-state index is 0.200. The number of rotatable bonds is 11. The van der Waals surface area contributed by atoms with Gasteiger partial charge in [0.2, 0.25) is 0 Å². The summed E-state index contributed by atoms with van der Waals surface area (Å²) in [6.45, 7) is 6.82. The number of amides is 2. The van der Waals surface area contributed by atoms with Crippen LogP contribution in [0.15, 0.2) is 54.6 Å². The van der Waals surface area contributed by atoms with E-state index in [2.05, 4.69) is 10.2 Å². The number of carbonyl (C=O) groups is 3. The normalized spacial score (nSPS) is 12.4. The summed E-state index contributed by atoms with van der Waals surface area (Å²) in [6, 6.07) is 15.8. The summed E-state index contributed by atoms with van der Waals surface area (Å²) in [7, 11) is 44.1. The Hall–Kier alpha value is -2.48. The van der Waals surface area contributed by atoms with E-state index in [1.54, 1.807) is 38.1 Å². The number of nitrogens with two attached hydrogens (primary N) is 1. The molecule has 22 heteroatoms. The second-order valence-corrected chi connectivity index (χ2v) is 10.3. The molecule has 0 aromatic heterocycles. The maximum atomic E-state index is 11.8. The Bertz CT molecular complexity index is 1150. The molecule has 0 aliphatic carbocycles. The lowest BCUT2D eigenvalue weighted by Gasteiger charge is -2.34. The molecule has 2 aromatic carbocycles. The Morgan fingerprint density at radius 2 is 1.38 bits per heavy atom. The predicted octanol–water partition coefficient (Wildman–Crippen LogP) is -2.25. The molecule has 1 atom stereocenters. The van der Waals surface area contributed by atoms with Crippen LogP contribution in [0.4, 0.5) is 16.2 Å². The first kappa shape index (κ1) is 40.5. The summed E-state index contributed by atoms with van der Waals surface area (Å²) in [5.74, 6) is -1.40. The van der Waals surface area contributed by atoms with Crippen LogP contribution in [0.25, 0.3) is 0 Å². The van der Waals surface area contributed by atoms with Gasteiger partial charge >= 0.3 is 12.0 Å². The molecule has 0 saturated carbocycles. The van der Waals surface area contributed by atoms with Gasteiger partial charge in [0.05, 0.1) is 19.8 Å². The minimum Gasteiger partial charge on any atom is -0.465 e. The third-order valence-corrected chi connectivity index (χ3v) is 6.80.